The van der Waals surface area contributed by atoms with E-state index >= 15 is 0 Å². The lowest BCUT2D eigenvalue weighted by Gasteiger charge is -2.42. The summed E-state index contributed by atoms with van der Waals surface area (Å²) in [5.74, 6) is 0. The van der Waals surface area contributed by atoms with Crippen molar-refractivity contribution in [1.82, 2.24) is 0 Å². The molecule has 1 nitrogen and oxygen atoms in total. The first kappa shape index (κ1) is 30.9. The maximum Gasteiger partial charge on any atom is 0.0540 e. The van der Waals surface area contributed by atoms with E-state index in [-0.39, 0.29) is 10.8 Å². The molecule has 0 aliphatic heterocycles. The molecule has 0 atom stereocenters. The largest absolute Gasteiger partial charge is 0.309 e. The van der Waals surface area contributed by atoms with Crippen molar-refractivity contribution in [2.75, 3.05) is 4.90 Å². The highest BCUT2D eigenvalue weighted by molar-refractivity contribution is 5.96. The van der Waals surface area contributed by atoms with Gasteiger partial charge in [0.15, 0.2) is 0 Å². The smallest absolute Gasteiger partial charge is 0.0540 e. The van der Waals surface area contributed by atoms with E-state index in [1.54, 1.807) is 0 Å². The van der Waals surface area contributed by atoms with Gasteiger partial charge in [0, 0.05) is 16.8 Å². The summed E-state index contributed by atoms with van der Waals surface area (Å²) >= 11 is 0. The van der Waals surface area contributed by atoms with E-state index in [4.69, 9.17) is 0 Å². The van der Waals surface area contributed by atoms with Crippen LogP contribution in [0.1, 0.15) is 51.7 Å². The molecule has 0 bridgehead atoms. The zero-order chi connectivity index (χ0) is 33.6. The van der Waals surface area contributed by atoms with Gasteiger partial charge >= 0.3 is 0 Å². The molecule has 0 aromatic heterocycles. The molecule has 7 aromatic rings. The van der Waals surface area contributed by atoms with E-state index in [1.807, 2.05) is 0 Å². The molecule has 0 unspecified atom stereocenters. The molecule has 0 spiro atoms. The normalized spacial score (nSPS) is 14.7. The second kappa shape index (κ2) is 12.2. The molecule has 0 fully saturated rings. The van der Waals surface area contributed by atoms with E-state index in [0.29, 0.717) is 0 Å². The van der Waals surface area contributed by atoms with Crippen LogP contribution in [0.2, 0.25) is 0 Å². The Labute approximate surface area is 291 Å². The fraction of sp³-hybridized carbons (Fsp3) is 0.167. The molecule has 1 heteroatoms. The summed E-state index contributed by atoms with van der Waals surface area (Å²) < 4.78 is 0. The van der Waals surface area contributed by atoms with E-state index in [2.05, 4.69) is 196 Å². The Bertz CT molecular complexity index is 2280. The number of hydrogen-bond acceptors (Lipinski definition) is 1. The summed E-state index contributed by atoms with van der Waals surface area (Å²) in [6.45, 7) is 9.65. The SMILES string of the molecule is CC1(C)CCC(C)(C)c2cc3cc(-c4ccccc4N(c4cccc(-c5ccccc5)c4)c4ccccc4-c4ccccc4)ccc3cc21. The zero-order valence-corrected chi connectivity index (χ0v) is 28.9. The Hall–Kier alpha value is -5.40. The molecule has 7 aromatic carbocycles. The molecule has 1 aliphatic carbocycles. The third kappa shape index (κ3) is 5.74. The number of nitrogens with zero attached hydrogens (tertiary/aromatic N) is 1. The lowest BCUT2D eigenvalue weighted by Crippen LogP contribution is -2.33. The first-order valence-electron chi connectivity index (χ1n) is 17.6. The van der Waals surface area contributed by atoms with Crippen LogP contribution >= 0.6 is 0 Å². The molecule has 0 radical (unpaired) electrons. The number of fused-ring (bicyclic) bond motifs is 2. The van der Waals surface area contributed by atoms with Gasteiger partial charge < -0.3 is 4.90 Å². The molecule has 49 heavy (non-hydrogen) atoms. The summed E-state index contributed by atoms with van der Waals surface area (Å²) in [6, 6.07) is 60.1. The second-order valence-electron chi connectivity index (χ2n) is 14.9. The van der Waals surface area contributed by atoms with Crippen LogP contribution in [0.4, 0.5) is 17.1 Å². The summed E-state index contributed by atoms with van der Waals surface area (Å²) in [4.78, 5) is 2.45. The minimum absolute atomic E-state index is 0.161. The van der Waals surface area contributed by atoms with E-state index in [1.165, 1.54) is 68.1 Å². The molecule has 0 heterocycles. The van der Waals surface area contributed by atoms with Crippen molar-refractivity contribution < 1.29 is 0 Å². The molecule has 0 amide bonds. The minimum Gasteiger partial charge on any atom is -0.309 e. The predicted octanol–water partition coefficient (Wildman–Crippen LogP) is 13.7. The predicted molar refractivity (Wildman–Crippen MR) is 210 cm³/mol. The minimum atomic E-state index is 0.161. The molecular formula is C48H43N. The van der Waals surface area contributed by atoms with Crippen LogP contribution in [0.25, 0.3) is 44.2 Å². The van der Waals surface area contributed by atoms with Crippen molar-refractivity contribution in [2.45, 2.75) is 51.4 Å². The lowest BCUT2D eigenvalue weighted by atomic mass is 9.63. The molecule has 1 aliphatic rings. The van der Waals surface area contributed by atoms with Gasteiger partial charge in [-0.25, -0.2) is 0 Å². The fourth-order valence-electron chi connectivity index (χ4n) is 7.79. The van der Waals surface area contributed by atoms with Gasteiger partial charge in [-0.15, -0.1) is 0 Å². The maximum absolute atomic E-state index is 2.49. The summed E-state index contributed by atoms with van der Waals surface area (Å²) in [5.41, 5.74) is 14.0. The summed E-state index contributed by atoms with van der Waals surface area (Å²) in [6.07, 6.45) is 2.43. The first-order valence-corrected chi connectivity index (χ1v) is 17.6. The van der Waals surface area contributed by atoms with E-state index in [9.17, 15) is 0 Å². The first-order chi connectivity index (χ1) is 23.8. The van der Waals surface area contributed by atoms with Crippen molar-refractivity contribution >= 4 is 27.8 Å². The highest BCUT2D eigenvalue weighted by Gasteiger charge is 2.37. The third-order valence-electron chi connectivity index (χ3n) is 10.7. The van der Waals surface area contributed by atoms with Gasteiger partial charge in [0.25, 0.3) is 0 Å². The fourth-order valence-corrected chi connectivity index (χ4v) is 7.79. The van der Waals surface area contributed by atoms with Gasteiger partial charge in [0.05, 0.1) is 11.4 Å². The standard InChI is InChI=1S/C48H43N/c1-47(2)28-29-48(3,4)44-33-39-30-38(27-26-37(39)32-43(44)47)42-23-12-14-25-46(42)49(40-21-15-20-36(31-40)34-16-7-5-8-17-34)45-24-13-11-22-41(45)35-18-9-6-10-19-35/h5-27,30-33H,28-29H2,1-4H3. The topological polar surface area (TPSA) is 3.24 Å². The van der Waals surface area contributed by atoms with Crippen molar-refractivity contribution in [1.29, 1.82) is 0 Å². The van der Waals surface area contributed by atoms with Crippen LogP contribution in [-0.2, 0) is 10.8 Å². The van der Waals surface area contributed by atoms with Crippen molar-refractivity contribution in [3.05, 3.63) is 175 Å². The van der Waals surface area contributed by atoms with Gasteiger partial charge in [0.1, 0.15) is 0 Å². The Kier molecular flexibility index (Phi) is 7.72. The second-order valence-corrected chi connectivity index (χ2v) is 14.9. The number of rotatable bonds is 6. The van der Waals surface area contributed by atoms with E-state index < -0.39 is 0 Å². The van der Waals surface area contributed by atoms with Crippen LogP contribution in [-0.4, -0.2) is 0 Å². The van der Waals surface area contributed by atoms with Gasteiger partial charge in [-0.3, -0.25) is 0 Å². The van der Waals surface area contributed by atoms with Crippen LogP contribution in [0.3, 0.4) is 0 Å². The van der Waals surface area contributed by atoms with Crippen LogP contribution in [0.5, 0.6) is 0 Å². The maximum atomic E-state index is 2.49. The Morgan fingerprint density at radius 1 is 0.388 bits per heavy atom. The Morgan fingerprint density at radius 3 is 1.53 bits per heavy atom. The lowest BCUT2D eigenvalue weighted by molar-refractivity contribution is 0.332. The Morgan fingerprint density at radius 2 is 0.898 bits per heavy atom. The molecule has 240 valence electrons. The summed E-state index contributed by atoms with van der Waals surface area (Å²) in [5, 5.41) is 2.62. The van der Waals surface area contributed by atoms with Gasteiger partial charge in [0.2, 0.25) is 0 Å². The zero-order valence-electron chi connectivity index (χ0n) is 28.9. The number of hydrogen-bond donors (Lipinski definition) is 0. The van der Waals surface area contributed by atoms with Crippen LogP contribution in [0.15, 0.2) is 164 Å². The third-order valence-corrected chi connectivity index (χ3v) is 10.7. The number of benzene rings is 7. The molecule has 0 N–H and O–H groups in total. The van der Waals surface area contributed by atoms with Crippen molar-refractivity contribution in [3.8, 4) is 33.4 Å². The molecular weight excluding hydrogens is 591 g/mol. The molecule has 0 saturated heterocycles. The number of anilines is 3. The van der Waals surface area contributed by atoms with Crippen LogP contribution < -0.4 is 4.90 Å². The van der Waals surface area contributed by atoms with Gasteiger partial charge in [-0.1, -0.05) is 161 Å². The van der Waals surface area contributed by atoms with Crippen molar-refractivity contribution in [3.63, 3.8) is 0 Å². The summed E-state index contributed by atoms with van der Waals surface area (Å²) in [7, 11) is 0. The highest BCUT2D eigenvalue weighted by Crippen LogP contribution is 2.49. The Balaban J connectivity index is 1.34. The molecule has 0 saturated carbocycles. The average Bonchev–Trinajstić information content (AvgIpc) is 3.14. The van der Waals surface area contributed by atoms with Gasteiger partial charge in [-0.05, 0) is 98.2 Å². The number of para-hydroxylation sites is 2. The quantitative estimate of drug-likeness (QED) is 0.176. The van der Waals surface area contributed by atoms with Gasteiger partial charge in [-0.2, -0.15) is 0 Å². The molecule has 8 rings (SSSR count). The van der Waals surface area contributed by atoms with E-state index in [0.717, 1.165) is 17.1 Å². The monoisotopic (exact) mass is 633 g/mol. The highest BCUT2D eigenvalue weighted by atomic mass is 15.1. The average molecular weight is 634 g/mol. The van der Waals surface area contributed by atoms with Crippen molar-refractivity contribution in [2.24, 2.45) is 0 Å². The van der Waals surface area contributed by atoms with Crippen LogP contribution in [0, 0.1) is 0 Å².